The Balaban J connectivity index is 1.81. The van der Waals surface area contributed by atoms with Crippen molar-refractivity contribution in [3.05, 3.63) is 66.1 Å². The molecule has 0 atom stereocenters. The van der Waals surface area contributed by atoms with Gasteiger partial charge >= 0.3 is 0 Å². The van der Waals surface area contributed by atoms with E-state index in [1.807, 2.05) is 17.0 Å². The summed E-state index contributed by atoms with van der Waals surface area (Å²) < 4.78 is 30.8. The van der Waals surface area contributed by atoms with Crippen LogP contribution < -0.4 is 0 Å². The van der Waals surface area contributed by atoms with E-state index in [1.165, 1.54) is 23.0 Å². The number of carbonyl (C=O) groups excluding carboxylic acids is 1. The Bertz CT molecular complexity index is 941. The van der Waals surface area contributed by atoms with Gasteiger partial charge in [0.1, 0.15) is 17.1 Å². The maximum atomic E-state index is 14.4. The van der Waals surface area contributed by atoms with E-state index in [2.05, 4.69) is 5.10 Å². The zero-order valence-electron chi connectivity index (χ0n) is 14.8. The minimum absolute atomic E-state index is 0.0926. The molecule has 140 valence electrons. The van der Waals surface area contributed by atoms with Crippen LogP contribution in [0.4, 0.5) is 8.78 Å². The van der Waals surface area contributed by atoms with Crippen LogP contribution in [-0.2, 0) is 0 Å². The highest BCUT2D eigenvalue weighted by atomic mass is 19.1. The first kappa shape index (κ1) is 17.5. The number of amides is 1. The number of likely N-dealkylation sites (tertiary alicyclic amines) is 1. The third-order valence-corrected chi connectivity index (χ3v) is 4.85. The van der Waals surface area contributed by atoms with E-state index in [0.29, 0.717) is 24.5 Å². The molecule has 1 aliphatic heterocycles. The van der Waals surface area contributed by atoms with E-state index in [9.17, 15) is 13.6 Å². The summed E-state index contributed by atoms with van der Waals surface area (Å²) in [6.07, 6.45) is 9.20. The lowest BCUT2D eigenvalue weighted by atomic mass is 10.2. The van der Waals surface area contributed by atoms with Crippen LogP contribution in [0.15, 0.2) is 48.9 Å². The zero-order chi connectivity index (χ0) is 18.8. The number of nitrogens with zero attached hydrogens (tertiary/aromatic N) is 4. The second-order valence-corrected chi connectivity index (χ2v) is 6.69. The summed E-state index contributed by atoms with van der Waals surface area (Å²) in [6, 6.07) is 6.95. The third-order valence-electron chi connectivity index (χ3n) is 4.85. The first-order valence-corrected chi connectivity index (χ1v) is 9.11. The van der Waals surface area contributed by atoms with Crippen LogP contribution in [0, 0.1) is 11.6 Å². The Labute approximate surface area is 155 Å². The predicted molar refractivity (Wildman–Crippen MR) is 97.2 cm³/mol. The van der Waals surface area contributed by atoms with Crippen molar-refractivity contribution in [2.24, 2.45) is 0 Å². The summed E-state index contributed by atoms with van der Waals surface area (Å²) in [6.45, 7) is 1.42. The van der Waals surface area contributed by atoms with Crippen LogP contribution in [0.5, 0.6) is 0 Å². The monoisotopic (exact) mass is 370 g/mol. The molecule has 27 heavy (non-hydrogen) atoms. The number of carbonyl (C=O) groups is 1. The van der Waals surface area contributed by atoms with Gasteiger partial charge in [-0.2, -0.15) is 5.10 Å². The van der Waals surface area contributed by atoms with Crippen molar-refractivity contribution in [3.8, 4) is 11.5 Å². The van der Waals surface area contributed by atoms with Gasteiger partial charge in [0.15, 0.2) is 11.6 Å². The highest BCUT2D eigenvalue weighted by Gasteiger charge is 2.25. The van der Waals surface area contributed by atoms with E-state index in [-0.39, 0.29) is 11.6 Å². The molecule has 1 saturated heterocycles. The van der Waals surface area contributed by atoms with E-state index < -0.39 is 11.6 Å². The summed E-state index contributed by atoms with van der Waals surface area (Å²) in [4.78, 5) is 15.0. The molecular formula is C20H20F2N4O. The Morgan fingerprint density at radius 1 is 1.00 bits per heavy atom. The fourth-order valence-corrected chi connectivity index (χ4v) is 3.49. The molecule has 4 rings (SSSR count). The minimum atomic E-state index is -0.736. The molecule has 0 spiro atoms. The van der Waals surface area contributed by atoms with Crippen molar-refractivity contribution in [1.29, 1.82) is 0 Å². The number of hydrogen-bond donors (Lipinski definition) is 0. The molecule has 0 aliphatic carbocycles. The highest BCUT2D eigenvalue weighted by Crippen LogP contribution is 2.24. The molecule has 5 nitrogen and oxygen atoms in total. The van der Waals surface area contributed by atoms with Gasteiger partial charge in [-0.25, -0.2) is 13.5 Å². The molecule has 7 heteroatoms. The molecule has 0 saturated carbocycles. The van der Waals surface area contributed by atoms with Crippen LogP contribution in [0.25, 0.3) is 11.5 Å². The first-order valence-electron chi connectivity index (χ1n) is 9.11. The van der Waals surface area contributed by atoms with E-state index >= 15 is 0 Å². The summed E-state index contributed by atoms with van der Waals surface area (Å²) in [5.74, 6) is -1.07. The largest absolute Gasteiger partial charge is 0.338 e. The van der Waals surface area contributed by atoms with Gasteiger partial charge in [-0.05, 0) is 37.1 Å². The molecule has 3 heterocycles. The second kappa shape index (κ2) is 7.34. The second-order valence-electron chi connectivity index (χ2n) is 6.69. The van der Waals surface area contributed by atoms with E-state index in [0.717, 1.165) is 31.7 Å². The average Bonchev–Trinajstić information content (AvgIpc) is 3.24. The number of aromatic nitrogens is 3. The maximum Gasteiger partial charge on any atom is 0.259 e. The maximum absolute atomic E-state index is 14.4. The number of rotatable bonds is 3. The molecule has 3 aromatic rings. The molecule has 0 bridgehead atoms. The SMILES string of the molecule is O=C(c1cnn(-c2ccc(F)cc2F)c1-n1cccc1)N1CCCCCC1. The van der Waals surface area contributed by atoms with Crippen LogP contribution in [0.3, 0.4) is 0 Å². The van der Waals surface area contributed by atoms with Crippen LogP contribution in [-0.4, -0.2) is 38.2 Å². The van der Waals surface area contributed by atoms with Gasteiger partial charge < -0.3 is 9.47 Å². The molecule has 0 N–H and O–H groups in total. The fraction of sp³-hybridized carbons (Fsp3) is 0.300. The van der Waals surface area contributed by atoms with E-state index in [1.54, 1.807) is 17.0 Å². The topological polar surface area (TPSA) is 43.1 Å². The zero-order valence-corrected chi connectivity index (χ0v) is 14.8. The summed E-state index contributed by atoms with van der Waals surface area (Å²) in [5, 5.41) is 4.26. The first-order chi connectivity index (χ1) is 13.1. The lowest BCUT2D eigenvalue weighted by molar-refractivity contribution is 0.0761. The highest BCUT2D eigenvalue weighted by molar-refractivity contribution is 5.97. The molecule has 1 aliphatic rings. The van der Waals surface area contributed by atoms with Gasteiger partial charge in [-0.15, -0.1) is 0 Å². The Hall–Kier alpha value is -2.96. The van der Waals surface area contributed by atoms with Crippen molar-refractivity contribution in [1.82, 2.24) is 19.2 Å². The van der Waals surface area contributed by atoms with Crippen molar-refractivity contribution in [2.45, 2.75) is 25.7 Å². The van der Waals surface area contributed by atoms with Crippen molar-refractivity contribution >= 4 is 5.91 Å². The standard InChI is InChI=1S/C20H20F2N4O/c21-15-7-8-18(17(22)13-15)26-19(24-9-5-6-10-24)16(14-23-26)20(27)25-11-3-1-2-4-12-25/h5-10,13-14H,1-4,11-12H2. The molecular weight excluding hydrogens is 350 g/mol. The lowest BCUT2D eigenvalue weighted by Crippen LogP contribution is -2.32. The van der Waals surface area contributed by atoms with Gasteiger partial charge in [0, 0.05) is 31.5 Å². The van der Waals surface area contributed by atoms with E-state index in [4.69, 9.17) is 0 Å². The normalized spacial score (nSPS) is 15.0. The van der Waals surface area contributed by atoms with Crippen LogP contribution in [0.1, 0.15) is 36.0 Å². The van der Waals surface area contributed by atoms with Gasteiger partial charge in [-0.3, -0.25) is 4.79 Å². The Morgan fingerprint density at radius 3 is 2.37 bits per heavy atom. The van der Waals surface area contributed by atoms with Gasteiger partial charge in [-0.1, -0.05) is 12.8 Å². The minimum Gasteiger partial charge on any atom is -0.338 e. The summed E-state index contributed by atoms with van der Waals surface area (Å²) >= 11 is 0. The molecule has 1 amide bonds. The molecule has 0 unspecified atom stereocenters. The predicted octanol–water partition coefficient (Wildman–Crippen LogP) is 3.96. The quantitative estimate of drug-likeness (QED) is 0.700. The lowest BCUT2D eigenvalue weighted by Gasteiger charge is -2.20. The van der Waals surface area contributed by atoms with Gasteiger partial charge in [0.2, 0.25) is 0 Å². The Kier molecular flexibility index (Phi) is 4.75. The smallest absolute Gasteiger partial charge is 0.259 e. The van der Waals surface area contributed by atoms with Gasteiger partial charge in [0.25, 0.3) is 5.91 Å². The number of hydrogen-bond acceptors (Lipinski definition) is 2. The van der Waals surface area contributed by atoms with Crippen LogP contribution in [0.2, 0.25) is 0 Å². The van der Waals surface area contributed by atoms with Crippen molar-refractivity contribution in [3.63, 3.8) is 0 Å². The third kappa shape index (κ3) is 3.37. The van der Waals surface area contributed by atoms with Gasteiger partial charge in [0.05, 0.1) is 6.20 Å². The Morgan fingerprint density at radius 2 is 1.70 bits per heavy atom. The molecule has 2 aromatic heterocycles. The summed E-state index contributed by atoms with van der Waals surface area (Å²) in [7, 11) is 0. The fourth-order valence-electron chi connectivity index (χ4n) is 3.49. The van der Waals surface area contributed by atoms with Crippen molar-refractivity contribution < 1.29 is 13.6 Å². The summed E-state index contributed by atoms with van der Waals surface area (Å²) in [5.41, 5.74) is 0.492. The number of benzene rings is 1. The number of halogens is 2. The van der Waals surface area contributed by atoms with Crippen molar-refractivity contribution in [2.75, 3.05) is 13.1 Å². The molecule has 1 fully saturated rings. The molecule has 1 aromatic carbocycles. The molecule has 0 radical (unpaired) electrons. The van der Waals surface area contributed by atoms with Crippen LogP contribution >= 0.6 is 0 Å². The average molecular weight is 370 g/mol.